The van der Waals surface area contributed by atoms with E-state index in [4.69, 9.17) is 0 Å². The van der Waals surface area contributed by atoms with Crippen LogP contribution < -0.4 is 10.9 Å². The van der Waals surface area contributed by atoms with E-state index >= 15 is 0 Å². The predicted octanol–water partition coefficient (Wildman–Crippen LogP) is 5.40. The highest BCUT2D eigenvalue weighted by Crippen LogP contribution is 2.45. The van der Waals surface area contributed by atoms with Crippen molar-refractivity contribution in [1.29, 1.82) is 0 Å². The van der Waals surface area contributed by atoms with Crippen molar-refractivity contribution in [2.45, 2.75) is 39.3 Å². The number of nitrogens with zero attached hydrogens (tertiary/aromatic N) is 3. The molecule has 1 aliphatic heterocycles. The van der Waals surface area contributed by atoms with E-state index in [2.05, 4.69) is 34.5 Å². The molecule has 5 aromatic rings. The van der Waals surface area contributed by atoms with E-state index in [9.17, 15) is 14.4 Å². The zero-order valence-electron chi connectivity index (χ0n) is 24.5. The van der Waals surface area contributed by atoms with E-state index in [-0.39, 0.29) is 11.8 Å². The molecule has 3 heterocycles. The Labute approximate surface area is 244 Å². The zero-order valence-corrected chi connectivity index (χ0v) is 24.5. The highest BCUT2D eigenvalue weighted by atomic mass is 16.2. The van der Waals surface area contributed by atoms with E-state index in [0.717, 1.165) is 38.6 Å². The number of carbonyl (C=O) groups is 3. The molecule has 0 aliphatic carbocycles. The van der Waals surface area contributed by atoms with Crippen LogP contribution in [0.5, 0.6) is 0 Å². The average Bonchev–Trinajstić information content (AvgIpc) is 3.57. The van der Waals surface area contributed by atoms with Gasteiger partial charge >= 0.3 is 0 Å². The van der Waals surface area contributed by atoms with Crippen LogP contribution >= 0.6 is 0 Å². The lowest BCUT2D eigenvalue weighted by Crippen LogP contribution is -2.54. The summed E-state index contributed by atoms with van der Waals surface area (Å²) >= 11 is 0. The molecule has 0 saturated carbocycles. The van der Waals surface area contributed by atoms with Crippen molar-refractivity contribution in [2.75, 3.05) is 0 Å². The Hall–Kier alpha value is -4.85. The van der Waals surface area contributed by atoms with Crippen molar-refractivity contribution in [3.05, 3.63) is 107 Å². The van der Waals surface area contributed by atoms with Crippen LogP contribution in [-0.2, 0) is 18.9 Å². The third-order valence-corrected chi connectivity index (χ3v) is 8.54. The van der Waals surface area contributed by atoms with Gasteiger partial charge in [-0.1, -0.05) is 68.4 Å². The summed E-state index contributed by atoms with van der Waals surface area (Å²) in [6.45, 7) is 6.11. The summed E-state index contributed by atoms with van der Waals surface area (Å²) in [6, 6.07) is 24.0. The summed E-state index contributed by atoms with van der Waals surface area (Å²) < 4.78 is 3.93. The van der Waals surface area contributed by atoms with Crippen molar-refractivity contribution in [3.8, 4) is 0 Å². The number of aromatic nitrogens is 2. The summed E-state index contributed by atoms with van der Waals surface area (Å²) in [4.78, 5) is 43.0. The number of hydrazine groups is 1. The van der Waals surface area contributed by atoms with Gasteiger partial charge in [-0.2, -0.15) is 0 Å². The molecule has 8 nitrogen and oxygen atoms in total. The minimum absolute atomic E-state index is 0.111. The molecule has 2 unspecified atom stereocenters. The van der Waals surface area contributed by atoms with Crippen LogP contribution in [0.4, 0.5) is 0 Å². The van der Waals surface area contributed by atoms with Gasteiger partial charge in [0, 0.05) is 52.7 Å². The molecule has 8 heteroatoms. The maximum atomic E-state index is 14.1. The lowest BCUT2D eigenvalue weighted by Gasteiger charge is -2.34. The molecule has 1 aliphatic rings. The quantitative estimate of drug-likeness (QED) is 0.272. The standard InChI is InChI=1S/C34H35N5O3/c1-20(2)18-29(33(41)36-35-32(40)28-19-22-12-6-10-16-26(22)38(28)5)39-31(23-13-7-8-14-24(23)34(39)42)30-21(3)37(4)27-17-11-9-15-25(27)30/h6-17,19-20,29,31H,18H2,1-5H3,(H,35,40)(H,36,41). The Kier molecular flexibility index (Phi) is 6.85. The molecule has 0 radical (unpaired) electrons. The maximum absolute atomic E-state index is 14.1. The Bertz CT molecular complexity index is 1860. The third kappa shape index (κ3) is 4.34. The molecule has 2 atom stereocenters. The van der Waals surface area contributed by atoms with Gasteiger partial charge in [-0.15, -0.1) is 0 Å². The Morgan fingerprint density at radius 1 is 0.857 bits per heavy atom. The maximum Gasteiger partial charge on any atom is 0.286 e. The number of amides is 3. The predicted molar refractivity (Wildman–Crippen MR) is 164 cm³/mol. The normalized spacial score (nSPS) is 15.4. The summed E-state index contributed by atoms with van der Waals surface area (Å²) in [7, 11) is 3.84. The Morgan fingerprint density at radius 2 is 1.52 bits per heavy atom. The van der Waals surface area contributed by atoms with E-state index in [0.29, 0.717) is 17.7 Å². The lowest BCUT2D eigenvalue weighted by molar-refractivity contribution is -0.127. The molecule has 42 heavy (non-hydrogen) atoms. The number of carbonyl (C=O) groups excluding carboxylic acids is 3. The number of hydrogen-bond donors (Lipinski definition) is 2. The van der Waals surface area contributed by atoms with Crippen LogP contribution in [0.25, 0.3) is 21.8 Å². The number of aryl methyl sites for hydroxylation is 2. The molecule has 0 spiro atoms. The molecule has 214 valence electrons. The van der Waals surface area contributed by atoms with Gasteiger partial charge in [0.05, 0.1) is 6.04 Å². The third-order valence-electron chi connectivity index (χ3n) is 8.54. The van der Waals surface area contributed by atoms with Gasteiger partial charge in [0.1, 0.15) is 11.7 Å². The zero-order chi connectivity index (χ0) is 29.7. The van der Waals surface area contributed by atoms with Gasteiger partial charge in [-0.05, 0) is 49.1 Å². The first-order chi connectivity index (χ1) is 20.2. The van der Waals surface area contributed by atoms with E-state index < -0.39 is 23.9 Å². The van der Waals surface area contributed by atoms with Gasteiger partial charge in [-0.3, -0.25) is 25.2 Å². The average molecular weight is 562 g/mol. The molecule has 0 fully saturated rings. The molecule has 2 aromatic heterocycles. The number of benzene rings is 3. The summed E-state index contributed by atoms with van der Waals surface area (Å²) in [5.41, 5.74) is 11.2. The fourth-order valence-corrected chi connectivity index (χ4v) is 6.41. The van der Waals surface area contributed by atoms with Crippen LogP contribution in [0.3, 0.4) is 0 Å². The first-order valence-corrected chi connectivity index (χ1v) is 14.3. The van der Waals surface area contributed by atoms with Crippen molar-refractivity contribution >= 4 is 39.5 Å². The van der Waals surface area contributed by atoms with Crippen LogP contribution in [0.15, 0.2) is 78.9 Å². The topological polar surface area (TPSA) is 88.4 Å². The van der Waals surface area contributed by atoms with Crippen LogP contribution in [0.2, 0.25) is 0 Å². The monoisotopic (exact) mass is 561 g/mol. The summed E-state index contributed by atoms with van der Waals surface area (Å²) in [6.07, 6.45) is 0.426. The molecular weight excluding hydrogens is 526 g/mol. The van der Waals surface area contributed by atoms with Crippen molar-refractivity contribution in [2.24, 2.45) is 20.0 Å². The van der Waals surface area contributed by atoms with Gasteiger partial charge in [-0.25, -0.2) is 0 Å². The Balaban J connectivity index is 1.37. The number of nitrogens with one attached hydrogen (secondary N) is 2. The molecule has 0 bridgehead atoms. The van der Waals surface area contributed by atoms with Gasteiger partial charge in [0.2, 0.25) is 0 Å². The number of rotatable bonds is 6. The van der Waals surface area contributed by atoms with E-state index in [1.807, 2.05) is 88.6 Å². The SMILES string of the molecule is Cc1c(C2c3ccccc3C(=O)N2C(CC(C)C)C(=O)NNC(=O)c2cc3ccccc3n2C)c2ccccc2n1C. The van der Waals surface area contributed by atoms with Crippen LogP contribution in [-0.4, -0.2) is 37.8 Å². The number of fused-ring (bicyclic) bond motifs is 3. The largest absolute Gasteiger partial charge is 0.348 e. The molecule has 3 aromatic carbocycles. The smallest absolute Gasteiger partial charge is 0.286 e. The van der Waals surface area contributed by atoms with Crippen molar-refractivity contribution < 1.29 is 14.4 Å². The van der Waals surface area contributed by atoms with E-state index in [1.54, 1.807) is 15.5 Å². The molecule has 2 N–H and O–H groups in total. The highest BCUT2D eigenvalue weighted by Gasteiger charge is 2.45. The lowest BCUT2D eigenvalue weighted by atomic mass is 9.93. The van der Waals surface area contributed by atoms with Gasteiger partial charge in [0.15, 0.2) is 0 Å². The fraction of sp³-hybridized carbons (Fsp3) is 0.265. The minimum Gasteiger partial charge on any atom is -0.348 e. The second-order valence-electron chi connectivity index (χ2n) is 11.5. The first kappa shape index (κ1) is 27.3. The van der Waals surface area contributed by atoms with Crippen molar-refractivity contribution in [1.82, 2.24) is 24.9 Å². The molecule has 6 rings (SSSR count). The second kappa shape index (κ2) is 10.5. The minimum atomic E-state index is -0.818. The molecule has 0 saturated heterocycles. The summed E-state index contributed by atoms with van der Waals surface area (Å²) in [5.74, 6) is -0.938. The van der Waals surface area contributed by atoms with E-state index in [1.165, 1.54) is 0 Å². The van der Waals surface area contributed by atoms with Crippen LogP contribution in [0.1, 0.15) is 64.0 Å². The first-order valence-electron chi connectivity index (χ1n) is 14.3. The number of para-hydroxylation sites is 2. The van der Waals surface area contributed by atoms with Crippen molar-refractivity contribution in [3.63, 3.8) is 0 Å². The summed E-state index contributed by atoms with van der Waals surface area (Å²) in [5, 5.41) is 1.98. The highest BCUT2D eigenvalue weighted by molar-refractivity contribution is 6.04. The number of hydrogen-bond acceptors (Lipinski definition) is 3. The molecular formula is C34H35N5O3. The van der Waals surface area contributed by atoms with Gasteiger partial charge < -0.3 is 14.0 Å². The second-order valence-corrected chi connectivity index (χ2v) is 11.5. The van der Waals surface area contributed by atoms with Gasteiger partial charge in [0.25, 0.3) is 17.7 Å². The Morgan fingerprint density at radius 3 is 2.26 bits per heavy atom. The molecule has 3 amide bonds. The fourth-order valence-electron chi connectivity index (χ4n) is 6.41. The van der Waals surface area contributed by atoms with Crippen LogP contribution in [0, 0.1) is 12.8 Å².